The highest BCUT2D eigenvalue weighted by Crippen LogP contribution is 2.18. The first-order valence-electron chi connectivity index (χ1n) is 7.59. The topological polar surface area (TPSA) is 73.5 Å². The summed E-state index contributed by atoms with van der Waals surface area (Å²) < 4.78 is 0. The van der Waals surface area contributed by atoms with E-state index in [0.717, 1.165) is 19.6 Å². The molecule has 0 aromatic heterocycles. The van der Waals surface area contributed by atoms with Crippen LogP contribution in [0.25, 0.3) is 0 Å². The molecule has 2 atom stereocenters. The van der Waals surface area contributed by atoms with E-state index in [1.54, 1.807) is 7.05 Å². The third-order valence-electron chi connectivity index (χ3n) is 3.94. The quantitative estimate of drug-likeness (QED) is 0.744. The van der Waals surface area contributed by atoms with Crippen molar-refractivity contribution >= 4 is 11.9 Å². The zero-order valence-electron chi connectivity index (χ0n) is 13.1. The SMILES string of the molecule is CNC(=O)CNC(=O)NC1CN(Cc2ccccc2)CC1C. The fourth-order valence-corrected chi connectivity index (χ4v) is 2.69. The Bertz CT molecular complexity index is 506. The lowest BCUT2D eigenvalue weighted by molar-refractivity contribution is -0.119. The summed E-state index contributed by atoms with van der Waals surface area (Å²) in [5.41, 5.74) is 1.28. The molecule has 1 aromatic carbocycles. The van der Waals surface area contributed by atoms with Crippen molar-refractivity contribution in [3.8, 4) is 0 Å². The van der Waals surface area contributed by atoms with Crippen LogP contribution in [0.4, 0.5) is 4.79 Å². The maximum absolute atomic E-state index is 11.8. The van der Waals surface area contributed by atoms with Gasteiger partial charge in [0.1, 0.15) is 0 Å². The highest BCUT2D eigenvalue weighted by molar-refractivity contribution is 5.83. The Morgan fingerprint density at radius 1 is 1.23 bits per heavy atom. The Balaban J connectivity index is 1.78. The molecule has 22 heavy (non-hydrogen) atoms. The molecule has 3 N–H and O–H groups in total. The highest BCUT2D eigenvalue weighted by atomic mass is 16.2. The van der Waals surface area contributed by atoms with Crippen molar-refractivity contribution in [2.24, 2.45) is 5.92 Å². The van der Waals surface area contributed by atoms with E-state index in [1.165, 1.54) is 5.56 Å². The van der Waals surface area contributed by atoms with Gasteiger partial charge in [0, 0.05) is 32.7 Å². The number of benzene rings is 1. The van der Waals surface area contributed by atoms with Gasteiger partial charge in [-0.15, -0.1) is 0 Å². The molecule has 0 aliphatic carbocycles. The van der Waals surface area contributed by atoms with Crippen molar-refractivity contribution in [1.29, 1.82) is 0 Å². The molecule has 3 amide bonds. The number of likely N-dealkylation sites (tertiary alicyclic amines) is 1. The Morgan fingerprint density at radius 2 is 1.95 bits per heavy atom. The van der Waals surface area contributed by atoms with E-state index in [0.29, 0.717) is 5.92 Å². The molecule has 1 aliphatic rings. The van der Waals surface area contributed by atoms with Crippen molar-refractivity contribution in [1.82, 2.24) is 20.9 Å². The molecule has 1 heterocycles. The Kier molecular flexibility index (Phi) is 5.77. The zero-order chi connectivity index (χ0) is 15.9. The second-order valence-electron chi connectivity index (χ2n) is 5.76. The van der Waals surface area contributed by atoms with Gasteiger partial charge < -0.3 is 16.0 Å². The van der Waals surface area contributed by atoms with Crippen molar-refractivity contribution in [2.75, 3.05) is 26.7 Å². The lowest BCUT2D eigenvalue weighted by Gasteiger charge is -2.17. The maximum atomic E-state index is 11.8. The van der Waals surface area contributed by atoms with Crippen LogP contribution in [0.1, 0.15) is 12.5 Å². The van der Waals surface area contributed by atoms with E-state index in [4.69, 9.17) is 0 Å². The number of carbonyl (C=O) groups excluding carboxylic acids is 2. The molecule has 0 spiro atoms. The van der Waals surface area contributed by atoms with Crippen LogP contribution < -0.4 is 16.0 Å². The fourth-order valence-electron chi connectivity index (χ4n) is 2.69. The van der Waals surface area contributed by atoms with E-state index in [1.807, 2.05) is 18.2 Å². The summed E-state index contributed by atoms with van der Waals surface area (Å²) in [7, 11) is 1.54. The third-order valence-corrected chi connectivity index (χ3v) is 3.94. The molecule has 6 nitrogen and oxygen atoms in total. The number of amides is 3. The molecule has 1 aliphatic heterocycles. The molecular weight excluding hydrogens is 280 g/mol. The van der Waals surface area contributed by atoms with E-state index in [9.17, 15) is 9.59 Å². The number of hydrogen-bond acceptors (Lipinski definition) is 3. The third kappa shape index (κ3) is 4.73. The summed E-state index contributed by atoms with van der Waals surface area (Å²) in [6.07, 6.45) is 0. The molecule has 6 heteroatoms. The summed E-state index contributed by atoms with van der Waals surface area (Å²) in [6, 6.07) is 10.1. The largest absolute Gasteiger partial charge is 0.358 e. The maximum Gasteiger partial charge on any atom is 0.315 e. The number of hydrogen-bond donors (Lipinski definition) is 3. The van der Waals surface area contributed by atoms with Gasteiger partial charge in [-0.3, -0.25) is 9.69 Å². The Hall–Kier alpha value is -2.08. The minimum absolute atomic E-state index is 0.00281. The first-order chi connectivity index (χ1) is 10.6. The standard InChI is InChI=1S/C16H24N4O2/c1-12-9-20(10-13-6-4-3-5-7-13)11-14(12)19-16(22)18-8-15(21)17-2/h3-7,12,14H,8-11H2,1-2H3,(H,17,21)(H2,18,19,22). The molecule has 0 saturated carbocycles. The van der Waals surface area contributed by atoms with Gasteiger partial charge in [-0.1, -0.05) is 37.3 Å². The second-order valence-corrected chi connectivity index (χ2v) is 5.76. The number of nitrogens with one attached hydrogen (secondary N) is 3. The molecule has 1 fully saturated rings. The number of likely N-dealkylation sites (N-methyl/N-ethyl adjacent to an activating group) is 1. The summed E-state index contributed by atoms with van der Waals surface area (Å²) in [4.78, 5) is 25.3. The van der Waals surface area contributed by atoms with Gasteiger partial charge in [0.05, 0.1) is 6.54 Å². The van der Waals surface area contributed by atoms with Gasteiger partial charge in [-0.2, -0.15) is 0 Å². The molecule has 2 unspecified atom stereocenters. The Labute approximate surface area is 131 Å². The molecule has 2 rings (SSSR count). The van der Waals surface area contributed by atoms with Gasteiger partial charge in [-0.05, 0) is 11.5 Å². The van der Waals surface area contributed by atoms with Crippen molar-refractivity contribution in [3.05, 3.63) is 35.9 Å². The van der Waals surface area contributed by atoms with Crippen LogP contribution in [0.15, 0.2) is 30.3 Å². The summed E-state index contributed by atoms with van der Waals surface area (Å²) in [5.74, 6) is 0.176. The van der Waals surface area contributed by atoms with Crippen LogP contribution in [0, 0.1) is 5.92 Å². The number of nitrogens with zero attached hydrogens (tertiary/aromatic N) is 1. The van der Waals surface area contributed by atoms with Crippen LogP contribution >= 0.6 is 0 Å². The van der Waals surface area contributed by atoms with Crippen molar-refractivity contribution < 1.29 is 9.59 Å². The highest BCUT2D eigenvalue weighted by Gasteiger charge is 2.30. The van der Waals surface area contributed by atoms with Crippen LogP contribution in [0.2, 0.25) is 0 Å². The molecule has 1 aromatic rings. The summed E-state index contributed by atoms with van der Waals surface area (Å²) >= 11 is 0. The smallest absolute Gasteiger partial charge is 0.315 e. The second kappa shape index (κ2) is 7.79. The van der Waals surface area contributed by atoms with E-state index < -0.39 is 0 Å². The van der Waals surface area contributed by atoms with E-state index >= 15 is 0 Å². The average molecular weight is 304 g/mol. The molecule has 0 radical (unpaired) electrons. The van der Waals surface area contributed by atoms with Crippen molar-refractivity contribution in [2.45, 2.75) is 19.5 Å². The van der Waals surface area contributed by atoms with Crippen LogP contribution in [0.3, 0.4) is 0 Å². The fraction of sp³-hybridized carbons (Fsp3) is 0.500. The monoisotopic (exact) mass is 304 g/mol. The first-order valence-corrected chi connectivity index (χ1v) is 7.59. The molecule has 0 bridgehead atoms. The number of rotatable bonds is 5. The van der Waals surface area contributed by atoms with Gasteiger partial charge in [-0.25, -0.2) is 4.79 Å². The number of carbonyl (C=O) groups is 2. The molecular formula is C16H24N4O2. The van der Waals surface area contributed by atoms with E-state index in [2.05, 4.69) is 39.9 Å². The summed E-state index contributed by atoms with van der Waals surface area (Å²) in [5, 5.41) is 7.98. The van der Waals surface area contributed by atoms with Gasteiger partial charge in [0.25, 0.3) is 0 Å². The van der Waals surface area contributed by atoms with Crippen LogP contribution in [0.5, 0.6) is 0 Å². The predicted molar refractivity (Wildman–Crippen MR) is 85.3 cm³/mol. The van der Waals surface area contributed by atoms with Crippen molar-refractivity contribution in [3.63, 3.8) is 0 Å². The minimum atomic E-state index is -0.290. The normalized spacial score (nSPS) is 21.4. The van der Waals surface area contributed by atoms with Gasteiger partial charge in [0.15, 0.2) is 0 Å². The zero-order valence-corrected chi connectivity index (χ0v) is 13.1. The summed E-state index contributed by atoms with van der Waals surface area (Å²) in [6.45, 7) is 4.80. The lowest BCUT2D eigenvalue weighted by atomic mass is 10.1. The van der Waals surface area contributed by atoms with Gasteiger partial charge >= 0.3 is 6.03 Å². The average Bonchev–Trinajstić information content (AvgIpc) is 2.85. The first kappa shape index (κ1) is 16.3. The lowest BCUT2D eigenvalue weighted by Crippen LogP contribution is -2.47. The van der Waals surface area contributed by atoms with E-state index in [-0.39, 0.29) is 24.5 Å². The van der Waals surface area contributed by atoms with Gasteiger partial charge in [0.2, 0.25) is 5.91 Å². The number of urea groups is 1. The minimum Gasteiger partial charge on any atom is -0.358 e. The Morgan fingerprint density at radius 3 is 2.64 bits per heavy atom. The molecule has 120 valence electrons. The molecule has 1 saturated heterocycles. The van der Waals surface area contributed by atoms with Crippen LogP contribution in [-0.2, 0) is 11.3 Å². The predicted octanol–water partition coefficient (Wildman–Crippen LogP) is 0.552. The van der Waals surface area contributed by atoms with Crippen LogP contribution in [-0.4, -0.2) is 49.6 Å².